The average molecular weight is 348 g/mol. The summed E-state index contributed by atoms with van der Waals surface area (Å²) in [5, 5.41) is 11.9. The third-order valence-electron chi connectivity index (χ3n) is 4.88. The van der Waals surface area contributed by atoms with Gasteiger partial charge in [-0.15, -0.1) is 0 Å². The number of aromatic nitrogens is 2. The van der Waals surface area contributed by atoms with E-state index in [-0.39, 0.29) is 5.69 Å². The zero-order valence-electron chi connectivity index (χ0n) is 14.6. The lowest BCUT2D eigenvalue weighted by Crippen LogP contribution is -2.35. The highest BCUT2D eigenvalue weighted by Gasteiger charge is 2.21. The Hall–Kier alpha value is -3.02. The molecule has 3 aromatic rings. The molecule has 132 valence electrons. The number of hydrogen-bond donors (Lipinski definition) is 0. The minimum absolute atomic E-state index is 0.0691. The molecule has 26 heavy (non-hydrogen) atoms. The molecular weight excluding hydrogens is 328 g/mol. The van der Waals surface area contributed by atoms with Gasteiger partial charge in [-0.2, -0.15) is 0 Å². The topological polar surface area (TPSA) is 72.2 Å². The van der Waals surface area contributed by atoms with E-state index in [9.17, 15) is 10.1 Å². The van der Waals surface area contributed by atoms with Gasteiger partial charge >= 0.3 is 0 Å². The molecule has 0 amide bonds. The number of benzene rings is 2. The Balaban J connectivity index is 1.82. The lowest BCUT2D eigenvalue weighted by molar-refractivity contribution is -0.384. The van der Waals surface area contributed by atoms with Crippen LogP contribution in [0.25, 0.3) is 22.3 Å². The van der Waals surface area contributed by atoms with Gasteiger partial charge < -0.3 is 4.90 Å². The number of nitrogens with zero attached hydrogens (tertiary/aromatic N) is 4. The van der Waals surface area contributed by atoms with E-state index in [1.807, 2.05) is 18.2 Å². The van der Waals surface area contributed by atoms with Crippen molar-refractivity contribution in [1.82, 2.24) is 9.97 Å². The van der Waals surface area contributed by atoms with Crippen LogP contribution in [0.1, 0.15) is 19.8 Å². The quantitative estimate of drug-likeness (QED) is 0.517. The van der Waals surface area contributed by atoms with Gasteiger partial charge in [0.25, 0.3) is 5.69 Å². The van der Waals surface area contributed by atoms with Crippen molar-refractivity contribution in [3.8, 4) is 11.4 Å². The SMILES string of the molecule is CC1CCCN(c2nc(-c3ccc([N+](=O)[O-])cc3)nc3ccccc23)C1. The molecule has 6 heteroatoms. The number of nitro benzene ring substituents is 1. The second kappa shape index (κ2) is 6.71. The Kier molecular flexibility index (Phi) is 4.24. The van der Waals surface area contributed by atoms with Crippen LogP contribution in [0.5, 0.6) is 0 Å². The molecule has 1 aliphatic heterocycles. The Bertz CT molecular complexity index is 956. The second-order valence-electron chi connectivity index (χ2n) is 6.89. The summed E-state index contributed by atoms with van der Waals surface area (Å²) in [5.41, 5.74) is 1.75. The molecule has 0 bridgehead atoms. The molecular formula is C20H20N4O2. The van der Waals surface area contributed by atoms with E-state index >= 15 is 0 Å². The molecule has 1 unspecified atom stereocenters. The molecule has 0 radical (unpaired) electrons. The van der Waals surface area contributed by atoms with Crippen molar-refractivity contribution in [2.45, 2.75) is 19.8 Å². The predicted octanol–water partition coefficient (Wildman–Crippen LogP) is 4.44. The molecule has 2 heterocycles. The van der Waals surface area contributed by atoms with Crippen molar-refractivity contribution in [2.75, 3.05) is 18.0 Å². The maximum absolute atomic E-state index is 10.9. The number of hydrogen-bond acceptors (Lipinski definition) is 5. The van der Waals surface area contributed by atoms with Gasteiger partial charge in [-0.3, -0.25) is 10.1 Å². The summed E-state index contributed by atoms with van der Waals surface area (Å²) in [7, 11) is 0. The van der Waals surface area contributed by atoms with Crippen LogP contribution in [0, 0.1) is 16.0 Å². The first-order chi connectivity index (χ1) is 12.6. The first-order valence-corrected chi connectivity index (χ1v) is 8.88. The van der Waals surface area contributed by atoms with Crippen molar-refractivity contribution < 1.29 is 4.92 Å². The van der Waals surface area contributed by atoms with Gasteiger partial charge in [-0.25, -0.2) is 9.97 Å². The summed E-state index contributed by atoms with van der Waals surface area (Å²) in [6.45, 7) is 4.25. The van der Waals surface area contributed by atoms with E-state index < -0.39 is 4.92 Å². The molecule has 1 atom stereocenters. The number of rotatable bonds is 3. The van der Waals surface area contributed by atoms with Crippen LogP contribution < -0.4 is 4.90 Å². The van der Waals surface area contributed by atoms with E-state index in [1.165, 1.54) is 18.6 Å². The molecule has 1 aliphatic rings. The van der Waals surface area contributed by atoms with E-state index in [4.69, 9.17) is 4.98 Å². The van der Waals surface area contributed by atoms with E-state index in [1.54, 1.807) is 12.1 Å². The van der Waals surface area contributed by atoms with E-state index in [0.717, 1.165) is 41.8 Å². The van der Waals surface area contributed by atoms with Gasteiger partial charge in [0.05, 0.1) is 10.4 Å². The maximum Gasteiger partial charge on any atom is 0.269 e. The van der Waals surface area contributed by atoms with Crippen molar-refractivity contribution in [3.05, 3.63) is 58.6 Å². The zero-order valence-corrected chi connectivity index (χ0v) is 14.6. The van der Waals surface area contributed by atoms with Gasteiger partial charge in [0.2, 0.25) is 0 Å². The number of piperidine rings is 1. The third kappa shape index (κ3) is 3.10. The van der Waals surface area contributed by atoms with E-state index in [2.05, 4.69) is 22.9 Å². The molecule has 0 N–H and O–H groups in total. The van der Waals surface area contributed by atoms with Crippen molar-refractivity contribution in [1.29, 1.82) is 0 Å². The standard InChI is InChI=1S/C20H20N4O2/c1-14-5-4-12-23(13-14)20-17-6-2-3-7-18(17)21-19(22-20)15-8-10-16(11-9-15)24(25)26/h2-3,6-11,14H,4-5,12-13H2,1H3. The summed E-state index contributed by atoms with van der Waals surface area (Å²) in [5.74, 6) is 2.20. The fourth-order valence-corrected chi connectivity index (χ4v) is 3.54. The minimum atomic E-state index is -0.397. The monoisotopic (exact) mass is 348 g/mol. The van der Waals surface area contributed by atoms with Gasteiger partial charge in [-0.05, 0) is 43.0 Å². The number of para-hydroxylation sites is 1. The fourth-order valence-electron chi connectivity index (χ4n) is 3.54. The van der Waals surface area contributed by atoms with Crippen molar-refractivity contribution in [3.63, 3.8) is 0 Å². The first-order valence-electron chi connectivity index (χ1n) is 8.88. The third-order valence-corrected chi connectivity index (χ3v) is 4.88. The highest BCUT2D eigenvalue weighted by atomic mass is 16.6. The van der Waals surface area contributed by atoms with Crippen LogP contribution in [0.4, 0.5) is 11.5 Å². The normalized spacial score (nSPS) is 17.4. The van der Waals surface area contributed by atoms with Crippen LogP contribution in [0.15, 0.2) is 48.5 Å². The smallest absolute Gasteiger partial charge is 0.269 e. The summed E-state index contributed by atoms with van der Waals surface area (Å²) < 4.78 is 0. The van der Waals surface area contributed by atoms with Crippen LogP contribution in [-0.2, 0) is 0 Å². The number of fused-ring (bicyclic) bond motifs is 1. The molecule has 0 spiro atoms. The Morgan fingerprint density at radius 2 is 1.88 bits per heavy atom. The molecule has 1 fully saturated rings. The zero-order chi connectivity index (χ0) is 18.1. The number of non-ortho nitro benzene ring substituents is 1. The average Bonchev–Trinajstić information content (AvgIpc) is 2.67. The predicted molar refractivity (Wildman–Crippen MR) is 102 cm³/mol. The highest BCUT2D eigenvalue weighted by molar-refractivity contribution is 5.91. The first kappa shape index (κ1) is 16.4. The van der Waals surface area contributed by atoms with Crippen LogP contribution in [0.2, 0.25) is 0 Å². The molecule has 6 nitrogen and oxygen atoms in total. The largest absolute Gasteiger partial charge is 0.356 e. The maximum atomic E-state index is 10.9. The lowest BCUT2D eigenvalue weighted by atomic mass is 10.00. The highest BCUT2D eigenvalue weighted by Crippen LogP contribution is 2.30. The van der Waals surface area contributed by atoms with Gasteiger partial charge in [0.1, 0.15) is 5.82 Å². The van der Waals surface area contributed by atoms with Crippen LogP contribution in [-0.4, -0.2) is 28.0 Å². The van der Waals surface area contributed by atoms with Crippen LogP contribution >= 0.6 is 0 Å². The van der Waals surface area contributed by atoms with Gasteiger partial charge in [-0.1, -0.05) is 19.1 Å². The molecule has 0 aliphatic carbocycles. The molecule has 0 saturated carbocycles. The summed E-state index contributed by atoms with van der Waals surface area (Å²) in [6.07, 6.45) is 2.40. The summed E-state index contributed by atoms with van der Waals surface area (Å²) >= 11 is 0. The summed E-state index contributed by atoms with van der Waals surface area (Å²) in [6, 6.07) is 14.4. The molecule has 2 aromatic carbocycles. The van der Waals surface area contributed by atoms with Gasteiger partial charge in [0.15, 0.2) is 5.82 Å². The number of anilines is 1. The van der Waals surface area contributed by atoms with Crippen LogP contribution in [0.3, 0.4) is 0 Å². The van der Waals surface area contributed by atoms with Crippen molar-refractivity contribution >= 4 is 22.4 Å². The number of nitro groups is 1. The minimum Gasteiger partial charge on any atom is -0.356 e. The Morgan fingerprint density at radius 1 is 1.12 bits per heavy atom. The molecule has 1 aromatic heterocycles. The molecule has 4 rings (SSSR count). The van der Waals surface area contributed by atoms with Crippen molar-refractivity contribution in [2.24, 2.45) is 5.92 Å². The Labute approximate surface area is 151 Å². The summed E-state index contributed by atoms with van der Waals surface area (Å²) in [4.78, 5) is 22.4. The Morgan fingerprint density at radius 3 is 2.62 bits per heavy atom. The molecule has 1 saturated heterocycles. The fraction of sp³-hybridized carbons (Fsp3) is 0.300. The van der Waals surface area contributed by atoms with Gasteiger partial charge in [0, 0.05) is 36.2 Å². The lowest BCUT2D eigenvalue weighted by Gasteiger charge is -2.32. The van der Waals surface area contributed by atoms with E-state index in [0.29, 0.717) is 11.7 Å². The second-order valence-corrected chi connectivity index (χ2v) is 6.89.